The lowest BCUT2D eigenvalue weighted by molar-refractivity contribution is -0.118. The van der Waals surface area contributed by atoms with Crippen molar-refractivity contribution in [2.45, 2.75) is 45.7 Å². The molecule has 2 N–H and O–H groups in total. The standard InChI is InChI=1S/C23H25N3O2S/c1-3-7-17(12-21(24)27)26-19-10-5-4-9-18(19)25(23(26)28)13-16-14-29-20-11-6-8-15(2)22(16)20/h4-6,8-11,14,17H,3,7,12-13H2,1-2H3,(H2,24,27). The lowest BCUT2D eigenvalue weighted by Gasteiger charge is -2.16. The summed E-state index contributed by atoms with van der Waals surface area (Å²) in [6.45, 7) is 4.67. The first kappa shape index (κ1) is 19.5. The van der Waals surface area contributed by atoms with Gasteiger partial charge in [-0.2, -0.15) is 0 Å². The molecule has 2 aromatic heterocycles. The summed E-state index contributed by atoms with van der Waals surface area (Å²) in [6, 6.07) is 13.9. The minimum absolute atomic E-state index is 0.0844. The van der Waals surface area contributed by atoms with Gasteiger partial charge in [0, 0.05) is 22.5 Å². The van der Waals surface area contributed by atoms with E-state index in [2.05, 4.69) is 37.4 Å². The van der Waals surface area contributed by atoms with Gasteiger partial charge in [0.05, 0.1) is 17.6 Å². The van der Waals surface area contributed by atoms with Crippen molar-refractivity contribution in [2.24, 2.45) is 5.73 Å². The number of hydrogen-bond acceptors (Lipinski definition) is 3. The van der Waals surface area contributed by atoms with Crippen LogP contribution in [0.1, 0.15) is 43.4 Å². The summed E-state index contributed by atoms with van der Waals surface area (Å²) in [4.78, 5) is 25.2. The molecule has 29 heavy (non-hydrogen) atoms. The van der Waals surface area contributed by atoms with Gasteiger partial charge >= 0.3 is 5.69 Å². The van der Waals surface area contributed by atoms with Crippen LogP contribution in [0.15, 0.2) is 52.6 Å². The molecule has 0 spiro atoms. The van der Waals surface area contributed by atoms with Crippen LogP contribution in [0.25, 0.3) is 21.1 Å². The smallest absolute Gasteiger partial charge is 0.329 e. The molecule has 0 fully saturated rings. The van der Waals surface area contributed by atoms with E-state index >= 15 is 0 Å². The molecule has 0 bridgehead atoms. The van der Waals surface area contributed by atoms with Crippen LogP contribution in [0, 0.1) is 6.92 Å². The number of aromatic nitrogens is 2. The summed E-state index contributed by atoms with van der Waals surface area (Å²) >= 11 is 1.70. The molecular weight excluding hydrogens is 382 g/mol. The average Bonchev–Trinajstić information content (AvgIpc) is 3.22. The van der Waals surface area contributed by atoms with E-state index < -0.39 is 0 Å². The highest BCUT2D eigenvalue weighted by atomic mass is 32.1. The van der Waals surface area contributed by atoms with E-state index in [9.17, 15) is 9.59 Å². The zero-order valence-corrected chi connectivity index (χ0v) is 17.5. The average molecular weight is 408 g/mol. The van der Waals surface area contributed by atoms with Crippen molar-refractivity contribution in [3.8, 4) is 0 Å². The predicted molar refractivity (Wildman–Crippen MR) is 120 cm³/mol. The molecule has 150 valence electrons. The Bertz CT molecular complexity index is 1250. The van der Waals surface area contributed by atoms with Crippen molar-refractivity contribution in [1.29, 1.82) is 0 Å². The number of aryl methyl sites for hydroxylation is 1. The summed E-state index contributed by atoms with van der Waals surface area (Å²) in [7, 11) is 0. The maximum absolute atomic E-state index is 13.5. The van der Waals surface area contributed by atoms with Crippen LogP contribution in [0.2, 0.25) is 0 Å². The first-order valence-electron chi connectivity index (χ1n) is 9.95. The Morgan fingerprint density at radius 2 is 1.90 bits per heavy atom. The van der Waals surface area contributed by atoms with Gasteiger partial charge in [0.15, 0.2) is 0 Å². The predicted octanol–water partition coefficient (Wildman–Crippen LogP) is 4.59. The van der Waals surface area contributed by atoms with Crippen molar-refractivity contribution >= 4 is 38.4 Å². The Morgan fingerprint density at radius 3 is 2.62 bits per heavy atom. The van der Waals surface area contributed by atoms with Gasteiger partial charge < -0.3 is 5.73 Å². The number of amides is 1. The maximum Gasteiger partial charge on any atom is 0.329 e. The van der Waals surface area contributed by atoms with Crippen LogP contribution in [-0.2, 0) is 11.3 Å². The fraction of sp³-hybridized carbons (Fsp3) is 0.304. The van der Waals surface area contributed by atoms with E-state index in [4.69, 9.17) is 5.73 Å². The van der Waals surface area contributed by atoms with E-state index in [0.717, 1.165) is 29.4 Å². The molecule has 0 radical (unpaired) electrons. The van der Waals surface area contributed by atoms with Gasteiger partial charge in [0.2, 0.25) is 5.91 Å². The van der Waals surface area contributed by atoms with E-state index in [1.165, 1.54) is 15.6 Å². The largest absolute Gasteiger partial charge is 0.370 e. The summed E-state index contributed by atoms with van der Waals surface area (Å²) in [5.74, 6) is -0.383. The molecular formula is C23H25N3O2S. The molecule has 1 amide bonds. The second-order valence-electron chi connectivity index (χ2n) is 7.55. The molecule has 6 heteroatoms. The molecule has 1 atom stereocenters. The molecule has 0 aliphatic rings. The van der Waals surface area contributed by atoms with Crippen molar-refractivity contribution in [2.75, 3.05) is 0 Å². The van der Waals surface area contributed by atoms with Gasteiger partial charge in [-0.15, -0.1) is 11.3 Å². The van der Waals surface area contributed by atoms with Crippen LogP contribution in [-0.4, -0.2) is 15.0 Å². The first-order chi connectivity index (χ1) is 14.0. The topological polar surface area (TPSA) is 70.0 Å². The van der Waals surface area contributed by atoms with Crippen LogP contribution >= 0.6 is 11.3 Å². The summed E-state index contributed by atoms with van der Waals surface area (Å²) in [5.41, 5.74) is 9.51. The zero-order chi connectivity index (χ0) is 20.5. The van der Waals surface area contributed by atoms with E-state index in [1.807, 2.05) is 28.8 Å². The number of carbonyl (C=O) groups excluding carboxylic acids is 1. The summed E-state index contributed by atoms with van der Waals surface area (Å²) in [6.07, 6.45) is 1.78. The molecule has 4 rings (SSSR count). The first-order valence-corrected chi connectivity index (χ1v) is 10.8. The van der Waals surface area contributed by atoms with Gasteiger partial charge in [-0.1, -0.05) is 37.6 Å². The van der Waals surface area contributed by atoms with Crippen molar-refractivity contribution < 1.29 is 4.79 Å². The van der Waals surface area contributed by atoms with Crippen LogP contribution < -0.4 is 11.4 Å². The van der Waals surface area contributed by atoms with Gasteiger partial charge in [0.1, 0.15) is 0 Å². The van der Waals surface area contributed by atoms with Gasteiger partial charge in [-0.05, 0) is 48.1 Å². The quantitative estimate of drug-likeness (QED) is 0.487. The normalized spacial score (nSPS) is 12.6. The molecule has 0 saturated carbocycles. The van der Waals surface area contributed by atoms with E-state index in [0.29, 0.717) is 6.54 Å². The Balaban J connectivity index is 1.88. The third kappa shape index (κ3) is 3.49. The minimum atomic E-state index is -0.383. The van der Waals surface area contributed by atoms with E-state index in [1.54, 1.807) is 15.9 Å². The van der Waals surface area contributed by atoms with Crippen LogP contribution in [0.5, 0.6) is 0 Å². The van der Waals surface area contributed by atoms with Crippen LogP contribution in [0.3, 0.4) is 0 Å². The fourth-order valence-electron chi connectivity index (χ4n) is 4.26. The second-order valence-corrected chi connectivity index (χ2v) is 8.46. The Kier molecular flexibility index (Phi) is 5.28. The molecule has 5 nitrogen and oxygen atoms in total. The third-order valence-electron chi connectivity index (χ3n) is 5.51. The highest BCUT2D eigenvalue weighted by Gasteiger charge is 2.22. The number of benzene rings is 2. The SMILES string of the molecule is CCCC(CC(N)=O)n1c(=O)n(Cc2csc3cccc(C)c23)c2ccccc21. The van der Waals surface area contributed by atoms with Gasteiger partial charge in [-0.25, -0.2) is 4.79 Å². The molecule has 2 aromatic carbocycles. The third-order valence-corrected chi connectivity index (χ3v) is 6.50. The van der Waals surface area contributed by atoms with Gasteiger partial charge in [0.25, 0.3) is 0 Å². The molecule has 0 aliphatic heterocycles. The highest BCUT2D eigenvalue weighted by molar-refractivity contribution is 7.17. The summed E-state index contributed by atoms with van der Waals surface area (Å²) in [5, 5.41) is 3.37. The zero-order valence-electron chi connectivity index (χ0n) is 16.7. The lowest BCUT2D eigenvalue weighted by Crippen LogP contribution is -2.30. The number of fused-ring (bicyclic) bond motifs is 2. The molecule has 4 aromatic rings. The van der Waals surface area contributed by atoms with Crippen molar-refractivity contribution in [1.82, 2.24) is 9.13 Å². The fourth-order valence-corrected chi connectivity index (χ4v) is 5.29. The number of rotatable bonds is 7. The Labute approximate surface area is 173 Å². The number of carbonyl (C=O) groups is 1. The number of nitrogens with two attached hydrogens (primary N) is 1. The number of para-hydroxylation sites is 2. The van der Waals surface area contributed by atoms with Crippen molar-refractivity contribution in [3.63, 3.8) is 0 Å². The summed E-state index contributed by atoms with van der Waals surface area (Å²) < 4.78 is 4.83. The molecule has 1 unspecified atom stereocenters. The maximum atomic E-state index is 13.5. The molecule has 2 heterocycles. The second kappa shape index (κ2) is 7.87. The number of primary amides is 1. The number of nitrogens with zero attached hydrogens (tertiary/aromatic N) is 2. The number of thiophene rings is 1. The lowest BCUT2D eigenvalue weighted by atomic mass is 10.1. The minimum Gasteiger partial charge on any atom is -0.370 e. The Morgan fingerprint density at radius 1 is 1.14 bits per heavy atom. The number of imidazole rings is 1. The highest BCUT2D eigenvalue weighted by Crippen LogP contribution is 2.30. The monoisotopic (exact) mass is 407 g/mol. The molecule has 0 aliphatic carbocycles. The Hall–Kier alpha value is -2.86. The van der Waals surface area contributed by atoms with Gasteiger partial charge in [-0.3, -0.25) is 13.9 Å². The van der Waals surface area contributed by atoms with E-state index in [-0.39, 0.29) is 24.1 Å². The number of hydrogen-bond donors (Lipinski definition) is 1. The van der Waals surface area contributed by atoms with Crippen LogP contribution in [0.4, 0.5) is 0 Å². The van der Waals surface area contributed by atoms with Crippen molar-refractivity contribution in [3.05, 3.63) is 69.5 Å². The molecule has 0 saturated heterocycles.